The molecule has 0 saturated carbocycles. The van der Waals surface area contributed by atoms with E-state index in [4.69, 9.17) is 4.74 Å². The average molecular weight is 567 g/mol. The van der Waals surface area contributed by atoms with E-state index in [1.54, 1.807) is 6.07 Å². The molecule has 214 valence electrons. The number of nitrogens with one attached hydrogen (secondary N) is 3. The molecule has 0 fully saturated rings. The SMILES string of the molecule is CNC(=O)c1cc(Oc2ccc(NC(=O)Nc3cc(C(C)(C)C)nn3-c3ccc(C)cc3)c(C(F)(F)F)c2)ccn1. The summed E-state index contributed by atoms with van der Waals surface area (Å²) in [5.74, 6) is -0.224. The Bertz CT molecular complexity index is 1570. The molecule has 0 bridgehead atoms. The first-order chi connectivity index (χ1) is 19.2. The predicted octanol–water partition coefficient (Wildman–Crippen LogP) is 6.69. The number of hydrogen-bond acceptors (Lipinski definition) is 5. The van der Waals surface area contributed by atoms with E-state index in [1.807, 2.05) is 52.0 Å². The maximum Gasteiger partial charge on any atom is 0.418 e. The van der Waals surface area contributed by atoms with Gasteiger partial charge >= 0.3 is 12.2 Å². The maximum atomic E-state index is 14.0. The molecular formula is C29H29F3N6O3. The number of ether oxygens (including phenoxy) is 1. The van der Waals surface area contributed by atoms with Crippen molar-refractivity contribution in [1.29, 1.82) is 0 Å². The summed E-state index contributed by atoms with van der Waals surface area (Å²) in [6, 6.07) is 14.1. The van der Waals surface area contributed by atoms with Gasteiger partial charge in [0.1, 0.15) is 23.0 Å². The van der Waals surface area contributed by atoms with Crippen LogP contribution >= 0.6 is 0 Å². The topological polar surface area (TPSA) is 110 Å². The standard InChI is InChI=1S/C29H29F3N6O3/c1-17-6-8-18(9-7-17)38-25(16-24(37-38)28(2,3)4)36-27(40)35-22-11-10-19(14-21(22)29(30,31)32)41-20-12-13-34-23(15-20)26(39)33-5/h6-16H,1-5H3,(H,33,39)(H2,35,36,40). The van der Waals surface area contributed by atoms with Crippen molar-refractivity contribution < 1.29 is 27.5 Å². The Morgan fingerprint density at radius 1 is 0.902 bits per heavy atom. The minimum Gasteiger partial charge on any atom is -0.457 e. The van der Waals surface area contributed by atoms with Gasteiger partial charge in [0.05, 0.1) is 22.6 Å². The molecule has 0 unspecified atom stereocenters. The van der Waals surface area contributed by atoms with Crippen LogP contribution in [0.2, 0.25) is 0 Å². The summed E-state index contributed by atoms with van der Waals surface area (Å²) in [6.07, 6.45) is -3.51. The molecule has 41 heavy (non-hydrogen) atoms. The number of rotatable bonds is 6. The van der Waals surface area contributed by atoms with E-state index in [1.165, 1.54) is 36.1 Å². The van der Waals surface area contributed by atoms with Crippen molar-refractivity contribution in [2.45, 2.75) is 39.3 Å². The van der Waals surface area contributed by atoms with Crippen LogP contribution in [0.25, 0.3) is 5.69 Å². The fraction of sp³-hybridized carbons (Fsp3) is 0.241. The summed E-state index contributed by atoms with van der Waals surface area (Å²) in [6.45, 7) is 7.82. The number of anilines is 2. The average Bonchev–Trinajstić information content (AvgIpc) is 3.33. The highest BCUT2D eigenvalue weighted by atomic mass is 19.4. The Morgan fingerprint density at radius 3 is 2.22 bits per heavy atom. The first-order valence-electron chi connectivity index (χ1n) is 12.6. The van der Waals surface area contributed by atoms with Crippen molar-refractivity contribution in [3.63, 3.8) is 0 Å². The van der Waals surface area contributed by atoms with Gasteiger partial charge in [-0.15, -0.1) is 0 Å². The number of pyridine rings is 1. The summed E-state index contributed by atoms with van der Waals surface area (Å²) >= 11 is 0. The zero-order valence-corrected chi connectivity index (χ0v) is 23.1. The molecule has 0 radical (unpaired) electrons. The molecule has 0 aliphatic rings. The Balaban J connectivity index is 1.60. The van der Waals surface area contributed by atoms with Gasteiger partial charge in [-0.2, -0.15) is 18.3 Å². The lowest BCUT2D eigenvalue weighted by atomic mass is 9.92. The number of benzene rings is 2. The smallest absolute Gasteiger partial charge is 0.418 e. The predicted molar refractivity (Wildman–Crippen MR) is 149 cm³/mol. The molecule has 2 aromatic heterocycles. The minimum atomic E-state index is -4.81. The lowest BCUT2D eigenvalue weighted by Gasteiger charge is -2.16. The molecule has 3 N–H and O–H groups in total. The zero-order valence-electron chi connectivity index (χ0n) is 23.1. The van der Waals surface area contributed by atoms with E-state index in [0.29, 0.717) is 11.4 Å². The molecule has 0 aliphatic carbocycles. The molecule has 0 atom stereocenters. The Kier molecular flexibility index (Phi) is 8.04. The molecule has 4 aromatic rings. The van der Waals surface area contributed by atoms with Crippen LogP contribution in [-0.2, 0) is 11.6 Å². The van der Waals surface area contributed by atoms with Crippen molar-refractivity contribution >= 4 is 23.4 Å². The van der Waals surface area contributed by atoms with Crippen LogP contribution < -0.4 is 20.7 Å². The van der Waals surface area contributed by atoms with E-state index >= 15 is 0 Å². The van der Waals surface area contributed by atoms with Gasteiger partial charge in [0.2, 0.25) is 0 Å². The van der Waals surface area contributed by atoms with Gasteiger partial charge in [0.15, 0.2) is 0 Å². The van der Waals surface area contributed by atoms with Gasteiger partial charge in [-0.3, -0.25) is 15.1 Å². The highest BCUT2D eigenvalue weighted by Crippen LogP contribution is 2.38. The number of urea groups is 1. The molecule has 3 amide bonds. The molecular weight excluding hydrogens is 537 g/mol. The lowest BCUT2D eigenvalue weighted by Crippen LogP contribution is -2.23. The largest absolute Gasteiger partial charge is 0.457 e. The second-order valence-corrected chi connectivity index (χ2v) is 10.3. The lowest BCUT2D eigenvalue weighted by molar-refractivity contribution is -0.137. The van der Waals surface area contributed by atoms with Crippen molar-refractivity contribution in [3.05, 3.63) is 89.4 Å². The maximum absolute atomic E-state index is 14.0. The third kappa shape index (κ3) is 7.02. The van der Waals surface area contributed by atoms with Crippen LogP contribution in [0, 0.1) is 6.92 Å². The molecule has 0 saturated heterocycles. The van der Waals surface area contributed by atoms with Gasteiger partial charge in [-0.05, 0) is 43.3 Å². The second-order valence-electron chi connectivity index (χ2n) is 10.3. The number of aromatic nitrogens is 3. The number of carbonyl (C=O) groups is 2. The quantitative estimate of drug-likeness (QED) is 0.241. The number of amides is 3. The van der Waals surface area contributed by atoms with Gasteiger partial charge in [-0.25, -0.2) is 9.48 Å². The zero-order chi connectivity index (χ0) is 29.9. The summed E-state index contributed by atoms with van der Waals surface area (Å²) in [4.78, 5) is 28.7. The van der Waals surface area contributed by atoms with Crippen LogP contribution in [0.3, 0.4) is 0 Å². The van der Waals surface area contributed by atoms with Crippen LogP contribution in [-0.4, -0.2) is 33.8 Å². The Hall–Kier alpha value is -4.87. The fourth-order valence-corrected chi connectivity index (χ4v) is 3.78. The number of halogens is 3. The van der Waals surface area contributed by atoms with E-state index < -0.39 is 29.4 Å². The highest BCUT2D eigenvalue weighted by Gasteiger charge is 2.35. The van der Waals surface area contributed by atoms with Crippen molar-refractivity contribution in [3.8, 4) is 17.2 Å². The molecule has 2 heterocycles. The first-order valence-corrected chi connectivity index (χ1v) is 12.6. The number of hydrogen-bond donors (Lipinski definition) is 3. The van der Waals surface area contributed by atoms with Crippen molar-refractivity contribution in [2.75, 3.05) is 17.7 Å². The van der Waals surface area contributed by atoms with Crippen molar-refractivity contribution in [2.24, 2.45) is 0 Å². The third-order valence-electron chi connectivity index (χ3n) is 5.97. The number of carbonyl (C=O) groups excluding carboxylic acids is 2. The third-order valence-corrected chi connectivity index (χ3v) is 5.97. The molecule has 0 spiro atoms. The Labute approximate surface area is 234 Å². The van der Waals surface area contributed by atoms with Gasteiger partial charge in [0.25, 0.3) is 5.91 Å². The number of nitrogens with zero attached hydrogens (tertiary/aromatic N) is 3. The molecule has 2 aromatic carbocycles. The van der Waals surface area contributed by atoms with E-state index in [-0.39, 0.29) is 28.4 Å². The summed E-state index contributed by atoms with van der Waals surface area (Å²) in [5, 5.41) is 12.0. The number of alkyl halides is 3. The van der Waals surface area contributed by atoms with E-state index in [2.05, 4.69) is 26.0 Å². The van der Waals surface area contributed by atoms with Crippen LogP contribution in [0.4, 0.5) is 29.5 Å². The first kappa shape index (κ1) is 29.1. The second kappa shape index (κ2) is 11.3. The molecule has 9 nitrogen and oxygen atoms in total. The normalized spacial score (nSPS) is 11.6. The van der Waals surface area contributed by atoms with Crippen LogP contribution in [0.15, 0.2) is 66.9 Å². The Morgan fingerprint density at radius 2 is 1.59 bits per heavy atom. The molecule has 0 aliphatic heterocycles. The number of aryl methyl sites for hydroxylation is 1. The molecule has 12 heteroatoms. The van der Waals surface area contributed by atoms with E-state index in [0.717, 1.165) is 17.7 Å². The molecule has 4 rings (SSSR count). The summed E-state index contributed by atoms with van der Waals surface area (Å²) in [5.41, 5.74) is 0.491. The monoisotopic (exact) mass is 566 g/mol. The van der Waals surface area contributed by atoms with Crippen LogP contribution in [0.1, 0.15) is 48.1 Å². The van der Waals surface area contributed by atoms with Crippen LogP contribution in [0.5, 0.6) is 11.5 Å². The van der Waals surface area contributed by atoms with E-state index in [9.17, 15) is 22.8 Å². The van der Waals surface area contributed by atoms with Gasteiger partial charge in [-0.1, -0.05) is 38.5 Å². The summed E-state index contributed by atoms with van der Waals surface area (Å²) in [7, 11) is 1.43. The minimum absolute atomic E-state index is 0.0375. The summed E-state index contributed by atoms with van der Waals surface area (Å²) < 4.78 is 49.1. The van der Waals surface area contributed by atoms with Gasteiger partial charge in [0, 0.05) is 30.8 Å². The fourth-order valence-electron chi connectivity index (χ4n) is 3.78. The van der Waals surface area contributed by atoms with Gasteiger partial charge < -0.3 is 15.4 Å². The van der Waals surface area contributed by atoms with Crippen molar-refractivity contribution in [1.82, 2.24) is 20.1 Å². The highest BCUT2D eigenvalue weighted by molar-refractivity contribution is 6.00.